The molecule has 6 nitrogen and oxygen atoms in total. The van der Waals surface area contributed by atoms with E-state index in [-0.39, 0.29) is 17.2 Å². The number of thiazole rings is 1. The zero-order chi connectivity index (χ0) is 22.0. The second-order valence-electron chi connectivity index (χ2n) is 7.31. The molecule has 0 spiro atoms. The van der Waals surface area contributed by atoms with Crippen molar-refractivity contribution < 1.29 is 13.2 Å². The molecule has 0 unspecified atom stereocenters. The second-order valence-corrected chi connectivity index (χ2v) is 10.3. The summed E-state index contributed by atoms with van der Waals surface area (Å²) in [6.07, 6.45) is 2.99. The molecular formula is C23H21N3O3S2. The lowest BCUT2D eigenvalue weighted by Crippen LogP contribution is -2.32. The molecule has 0 saturated heterocycles. The molecule has 0 radical (unpaired) electrons. The molecule has 4 aromatic rings. The predicted octanol–water partition coefficient (Wildman–Crippen LogP) is 4.18. The maximum absolute atomic E-state index is 13.3. The lowest BCUT2D eigenvalue weighted by molar-refractivity contribution is -0.118. The van der Waals surface area contributed by atoms with Crippen molar-refractivity contribution in [3.63, 3.8) is 0 Å². The fourth-order valence-corrected chi connectivity index (χ4v) is 4.92. The summed E-state index contributed by atoms with van der Waals surface area (Å²) < 4.78 is 24.4. The van der Waals surface area contributed by atoms with E-state index in [9.17, 15) is 13.2 Å². The van der Waals surface area contributed by atoms with Crippen LogP contribution in [0.2, 0.25) is 0 Å². The summed E-state index contributed by atoms with van der Waals surface area (Å²) >= 11 is 1.47. The highest BCUT2D eigenvalue weighted by Gasteiger charge is 2.21. The Hall–Kier alpha value is -3.10. The molecule has 2 heterocycles. The lowest BCUT2D eigenvalue weighted by atomic mass is 10.1. The van der Waals surface area contributed by atoms with Crippen molar-refractivity contribution in [2.24, 2.45) is 0 Å². The van der Waals surface area contributed by atoms with Crippen molar-refractivity contribution in [3.8, 4) is 0 Å². The fourth-order valence-electron chi connectivity index (χ4n) is 3.23. The molecule has 0 N–H and O–H groups in total. The molecule has 0 aliphatic carbocycles. The van der Waals surface area contributed by atoms with Gasteiger partial charge in [-0.25, -0.2) is 13.4 Å². The van der Waals surface area contributed by atoms with Gasteiger partial charge in [0.05, 0.1) is 33.8 Å². The molecule has 31 heavy (non-hydrogen) atoms. The number of nitrogens with zero attached hydrogens (tertiary/aromatic N) is 3. The van der Waals surface area contributed by atoms with Gasteiger partial charge >= 0.3 is 0 Å². The molecule has 0 bridgehead atoms. The number of hydrogen-bond acceptors (Lipinski definition) is 6. The van der Waals surface area contributed by atoms with Gasteiger partial charge in [0.2, 0.25) is 5.91 Å². The zero-order valence-electron chi connectivity index (χ0n) is 17.1. The van der Waals surface area contributed by atoms with Crippen LogP contribution in [0.3, 0.4) is 0 Å². The summed E-state index contributed by atoms with van der Waals surface area (Å²) in [5, 5.41) is 0.618. The largest absolute Gasteiger partial charge is 0.282 e. The maximum atomic E-state index is 13.3. The smallest absolute Gasteiger partial charge is 0.233 e. The third-order valence-corrected chi connectivity index (χ3v) is 7.07. The molecule has 0 aliphatic rings. The van der Waals surface area contributed by atoms with Crippen molar-refractivity contribution in [2.45, 2.75) is 24.8 Å². The van der Waals surface area contributed by atoms with Crippen molar-refractivity contribution in [2.75, 3.05) is 11.2 Å². The number of anilines is 1. The van der Waals surface area contributed by atoms with E-state index in [1.165, 1.54) is 23.5 Å². The van der Waals surface area contributed by atoms with Gasteiger partial charge in [-0.1, -0.05) is 41.7 Å². The van der Waals surface area contributed by atoms with Gasteiger partial charge in [0.1, 0.15) is 0 Å². The normalized spacial score (nSPS) is 11.5. The van der Waals surface area contributed by atoms with Crippen LogP contribution in [-0.2, 0) is 27.6 Å². The summed E-state index contributed by atoms with van der Waals surface area (Å²) in [6.45, 7) is 2.31. The van der Waals surface area contributed by atoms with E-state index in [1.54, 1.807) is 23.2 Å². The minimum absolute atomic E-state index is 0.130. The topological polar surface area (TPSA) is 80.2 Å². The Kier molecular flexibility index (Phi) is 5.84. The van der Waals surface area contributed by atoms with Crippen LogP contribution in [0.5, 0.6) is 0 Å². The van der Waals surface area contributed by atoms with E-state index in [4.69, 9.17) is 4.98 Å². The minimum atomic E-state index is -3.28. The monoisotopic (exact) mass is 451 g/mol. The Balaban J connectivity index is 1.66. The third-order valence-electron chi connectivity index (χ3n) is 4.89. The quantitative estimate of drug-likeness (QED) is 0.439. The first kappa shape index (κ1) is 21.1. The highest BCUT2D eigenvalue weighted by Crippen LogP contribution is 2.31. The Morgan fingerprint density at radius 3 is 2.45 bits per heavy atom. The van der Waals surface area contributed by atoms with Gasteiger partial charge in [0.15, 0.2) is 15.0 Å². The average Bonchev–Trinajstić information content (AvgIpc) is 3.18. The number of amides is 1. The number of para-hydroxylation sites is 1. The summed E-state index contributed by atoms with van der Waals surface area (Å²) in [7, 11) is -3.28. The summed E-state index contributed by atoms with van der Waals surface area (Å²) in [5.74, 6) is -0.130. The Morgan fingerprint density at radius 1 is 1.03 bits per heavy atom. The molecule has 1 amide bonds. The van der Waals surface area contributed by atoms with E-state index in [1.807, 2.05) is 43.3 Å². The number of sulfone groups is 1. The second kappa shape index (κ2) is 8.56. The van der Waals surface area contributed by atoms with Gasteiger partial charge in [-0.3, -0.25) is 14.7 Å². The molecule has 8 heteroatoms. The van der Waals surface area contributed by atoms with Crippen molar-refractivity contribution in [1.82, 2.24) is 9.97 Å². The van der Waals surface area contributed by atoms with Gasteiger partial charge in [-0.2, -0.15) is 0 Å². The van der Waals surface area contributed by atoms with E-state index in [2.05, 4.69) is 4.98 Å². The highest BCUT2D eigenvalue weighted by molar-refractivity contribution is 7.90. The molecule has 0 fully saturated rings. The predicted molar refractivity (Wildman–Crippen MR) is 123 cm³/mol. The fraction of sp³-hybridized carbons (Fsp3) is 0.174. The molecule has 0 saturated carbocycles. The zero-order valence-corrected chi connectivity index (χ0v) is 18.8. The Morgan fingerprint density at radius 2 is 1.81 bits per heavy atom. The van der Waals surface area contributed by atoms with E-state index in [0.29, 0.717) is 11.7 Å². The first-order chi connectivity index (χ1) is 14.8. The van der Waals surface area contributed by atoms with Crippen LogP contribution in [-0.4, -0.2) is 30.5 Å². The van der Waals surface area contributed by atoms with Gasteiger partial charge in [-0.05, 0) is 48.4 Å². The molecule has 4 rings (SSSR count). The number of aromatic nitrogens is 2. The van der Waals surface area contributed by atoms with Crippen LogP contribution in [0.15, 0.2) is 71.8 Å². The van der Waals surface area contributed by atoms with Crippen LogP contribution < -0.4 is 4.90 Å². The van der Waals surface area contributed by atoms with E-state index in [0.717, 1.165) is 33.3 Å². The number of hydrogen-bond donors (Lipinski definition) is 0. The molecule has 2 aromatic heterocycles. The SMILES string of the molecule is Cc1cccc2sc(N(Cc3ccccn3)C(=O)Cc3ccc(S(C)(=O)=O)cc3)nc12. The first-order valence-corrected chi connectivity index (χ1v) is 12.4. The van der Waals surface area contributed by atoms with Crippen molar-refractivity contribution in [1.29, 1.82) is 0 Å². The molecule has 158 valence electrons. The Labute approximate surface area is 185 Å². The molecule has 2 aromatic carbocycles. The maximum Gasteiger partial charge on any atom is 0.233 e. The van der Waals surface area contributed by atoms with Crippen molar-refractivity contribution >= 4 is 42.4 Å². The molecule has 0 atom stereocenters. The average molecular weight is 452 g/mol. The number of pyridine rings is 1. The number of fused-ring (bicyclic) bond motifs is 1. The number of carbonyl (C=O) groups excluding carboxylic acids is 1. The van der Waals surface area contributed by atoms with Crippen LogP contribution >= 0.6 is 11.3 Å². The highest BCUT2D eigenvalue weighted by atomic mass is 32.2. The van der Waals surface area contributed by atoms with E-state index >= 15 is 0 Å². The lowest BCUT2D eigenvalue weighted by Gasteiger charge is -2.19. The summed E-state index contributed by atoms with van der Waals surface area (Å²) in [6, 6.07) is 18.0. The van der Waals surface area contributed by atoms with Crippen molar-refractivity contribution in [3.05, 3.63) is 83.7 Å². The standard InChI is InChI=1S/C23H21N3O3S2/c1-16-6-5-8-20-22(16)25-23(30-20)26(15-18-7-3-4-13-24-18)21(27)14-17-9-11-19(12-10-17)31(2,28)29/h3-13H,14-15H2,1-2H3. The van der Waals surface area contributed by atoms with Crippen LogP contribution in [0.4, 0.5) is 5.13 Å². The van der Waals surface area contributed by atoms with E-state index < -0.39 is 9.84 Å². The number of aryl methyl sites for hydroxylation is 1. The molecule has 0 aliphatic heterocycles. The number of carbonyl (C=O) groups is 1. The summed E-state index contributed by atoms with van der Waals surface area (Å²) in [4.78, 5) is 24.3. The number of rotatable bonds is 6. The third kappa shape index (κ3) is 4.81. The first-order valence-electron chi connectivity index (χ1n) is 9.67. The van der Waals surface area contributed by atoms with Crippen LogP contribution in [0.25, 0.3) is 10.2 Å². The number of benzene rings is 2. The van der Waals surface area contributed by atoms with Crippen LogP contribution in [0.1, 0.15) is 16.8 Å². The Bertz CT molecular complexity index is 1330. The van der Waals surface area contributed by atoms with Gasteiger partial charge in [-0.15, -0.1) is 0 Å². The van der Waals surface area contributed by atoms with Crippen LogP contribution in [0, 0.1) is 6.92 Å². The summed E-state index contributed by atoms with van der Waals surface area (Å²) in [5.41, 5.74) is 3.44. The van der Waals surface area contributed by atoms with Gasteiger partial charge in [0, 0.05) is 12.5 Å². The van der Waals surface area contributed by atoms with Gasteiger partial charge < -0.3 is 0 Å². The minimum Gasteiger partial charge on any atom is -0.282 e. The van der Waals surface area contributed by atoms with Gasteiger partial charge in [0.25, 0.3) is 0 Å². The molecular weight excluding hydrogens is 430 g/mol.